The van der Waals surface area contributed by atoms with E-state index in [1.54, 1.807) is 18.2 Å². The molecule has 4 nitrogen and oxygen atoms in total. The van der Waals surface area contributed by atoms with E-state index in [-0.39, 0.29) is 0 Å². The number of hydrogen-bond acceptors (Lipinski definition) is 3. The summed E-state index contributed by atoms with van der Waals surface area (Å²) in [5.41, 5.74) is 7.40. The van der Waals surface area contributed by atoms with E-state index in [1.165, 1.54) is 0 Å². The first-order valence-corrected chi connectivity index (χ1v) is 5.22. The number of benzene rings is 2. The third-order valence-electron chi connectivity index (χ3n) is 2.64. The van der Waals surface area contributed by atoms with Crippen molar-refractivity contribution in [2.24, 2.45) is 5.73 Å². The predicted molar refractivity (Wildman–Crippen MR) is 64.8 cm³/mol. The summed E-state index contributed by atoms with van der Waals surface area (Å²) in [6, 6.07) is 12.7. The van der Waals surface area contributed by atoms with E-state index in [0.29, 0.717) is 11.3 Å². The van der Waals surface area contributed by atoms with Crippen LogP contribution in [0.2, 0.25) is 0 Å². The number of primary amides is 1. The minimum atomic E-state index is -0.463. The van der Waals surface area contributed by atoms with Crippen LogP contribution >= 0.6 is 0 Å². The highest BCUT2D eigenvalue weighted by atomic mass is 16.5. The molecule has 0 unspecified atom stereocenters. The molecule has 0 saturated heterocycles. The van der Waals surface area contributed by atoms with Gasteiger partial charge < -0.3 is 15.8 Å². The Morgan fingerprint density at radius 1 is 1.06 bits per heavy atom. The fourth-order valence-electron chi connectivity index (χ4n) is 1.79. The van der Waals surface area contributed by atoms with Gasteiger partial charge in [0.05, 0.1) is 11.4 Å². The van der Waals surface area contributed by atoms with E-state index >= 15 is 0 Å². The predicted octanol–water partition coefficient (Wildman–Crippen LogP) is 2.63. The van der Waals surface area contributed by atoms with Gasteiger partial charge in [-0.25, -0.2) is 0 Å². The van der Waals surface area contributed by atoms with Gasteiger partial charge in [-0.05, 0) is 30.3 Å². The molecule has 84 valence electrons. The Morgan fingerprint density at radius 2 is 1.82 bits per heavy atom. The number of para-hydroxylation sites is 2. The Balaban J connectivity index is 2.06. The van der Waals surface area contributed by atoms with Crippen molar-refractivity contribution in [1.29, 1.82) is 0 Å². The Labute approximate surface area is 98.0 Å². The lowest BCUT2D eigenvalue weighted by Gasteiger charge is -2.21. The molecule has 1 aliphatic heterocycles. The van der Waals surface area contributed by atoms with E-state index in [1.807, 2.05) is 24.3 Å². The number of amides is 1. The van der Waals surface area contributed by atoms with E-state index in [2.05, 4.69) is 5.32 Å². The molecule has 1 amide bonds. The van der Waals surface area contributed by atoms with Gasteiger partial charge in [-0.15, -0.1) is 0 Å². The first-order valence-electron chi connectivity index (χ1n) is 5.22. The zero-order chi connectivity index (χ0) is 11.8. The molecule has 0 fully saturated rings. The van der Waals surface area contributed by atoms with E-state index < -0.39 is 5.91 Å². The molecule has 17 heavy (non-hydrogen) atoms. The first kappa shape index (κ1) is 9.72. The largest absolute Gasteiger partial charge is 0.453 e. The molecule has 1 heterocycles. The highest BCUT2D eigenvalue weighted by Gasteiger charge is 2.16. The molecule has 0 bridgehead atoms. The number of hydrogen-bond donors (Lipinski definition) is 2. The summed E-state index contributed by atoms with van der Waals surface area (Å²) < 4.78 is 5.70. The second-order valence-electron chi connectivity index (χ2n) is 3.80. The van der Waals surface area contributed by atoms with Crippen molar-refractivity contribution in [2.45, 2.75) is 0 Å². The topological polar surface area (TPSA) is 64.4 Å². The summed E-state index contributed by atoms with van der Waals surface area (Å²) in [4.78, 5) is 11.1. The van der Waals surface area contributed by atoms with E-state index in [4.69, 9.17) is 10.5 Å². The summed E-state index contributed by atoms with van der Waals surface area (Å²) in [6.45, 7) is 0. The van der Waals surface area contributed by atoms with Gasteiger partial charge in [0.25, 0.3) is 0 Å². The van der Waals surface area contributed by atoms with Crippen LogP contribution < -0.4 is 15.8 Å². The molecular weight excluding hydrogens is 216 g/mol. The van der Waals surface area contributed by atoms with Crippen molar-refractivity contribution in [3.05, 3.63) is 48.0 Å². The van der Waals surface area contributed by atoms with E-state index in [9.17, 15) is 4.79 Å². The average molecular weight is 226 g/mol. The second kappa shape index (κ2) is 3.52. The summed E-state index contributed by atoms with van der Waals surface area (Å²) in [6.07, 6.45) is 0. The van der Waals surface area contributed by atoms with Crippen molar-refractivity contribution in [2.75, 3.05) is 5.32 Å². The number of nitrogens with one attached hydrogen (secondary N) is 1. The molecule has 0 aromatic heterocycles. The van der Waals surface area contributed by atoms with Crippen molar-refractivity contribution < 1.29 is 9.53 Å². The molecule has 0 spiro atoms. The van der Waals surface area contributed by atoms with Crippen molar-refractivity contribution in [3.8, 4) is 11.5 Å². The van der Waals surface area contributed by atoms with Crippen LogP contribution in [0.3, 0.4) is 0 Å². The zero-order valence-corrected chi connectivity index (χ0v) is 8.94. The lowest BCUT2D eigenvalue weighted by molar-refractivity contribution is 0.1000. The normalized spacial score (nSPS) is 11.8. The molecule has 0 saturated carbocycles. The molecule has 0 aliphatic carbocycles. The Morgan fingerprint density at radius 3 is 2.65 bits per heavy atom. The average Bonchev–Trinajstić information content (AvgIpc) is 2.35. The molecule has 2 aromatic carbocycles. The highest BCUT2D eigenvalue weighted by Crippen LogP contribution is 2.41. The number of carbonyl (C=O) groups is 1. The smallest absolute Gasteiger partial charge is 0.248 e. The fraction of sp³-hybridized carbons (Fsp3) is 0. The standard InChI is InChI=1S/C13H10N2O2/c14-13(16)8-5-6-10-12(7-8)17-11-4-2-1-3-9(11)15-10/h1-7,15H,(H2,14,16). The quantitative estimate of drug-likeness (QED) is 0.670. The third-order valence-corrected chi connectivity index (χ3v) is 2.64. The van der Waals surface area contributed by atoms with Gasteiger partial charge in [0.1, 0.15) is 0 Å². The van der Waals surface area contributed by atoms with Crippen LogP contribution in [0.4, 0.5) is 11.4 Å². The van der Waals surface area contributed by atoms with Gasteiger partial charge in [0.15, 0.2) is 11.5 Å². The zero-order valence-electron chi connectivity index (χ0n) is 8.94. The Bertz CT molecular complexity index is 608. The molecule has 3 rings (SSSR count). The van der Waals surface area contributed by atoms with Gasteiger partial charge >= 0.3 is 0 Å². The van der Waals surface area contributed by atoms with Crippen molar-refractivity contribution in [3.63, 3.8) is 0 Å². The fourth-order valence-corrected chi connectivity index (χ4v) is 1.79. The summed E-state index contributed by atoms with van der Waals surface area (Å²) in [7, 11) is 0. The van der Waals surface area contributed by atoms with Crippen LogP contribution in [0.25, 0.3) is 0 Å². The molecular formula is C13H10N2O2. The van der Waals surface area contributed by atoms with Gasteiger partial charge in [-0.3, -0.25) is 4.79 Å². The van der Waals surface area contributed by atoms with Gasteiger partial charge in [-0.2, -0.15) is 0 Å². The van der Waals surface area contributed by atoms with Crippen LogP contribution in [-0.4, -0.2) is 5.91 Å². The van der Waals surface area contributed by atoms with Crippen LogP contribution in [0.15, 0.2) is 42.5 Å². The molecule has 0 radical (unpaired) electrons. The monoisotopic (exact) mass is 226 g/mol. The minimum absolute atomic E-state index is 0.435. The number of nitrogens with two attached hydrogens (primary N) is 1. The summed E-state index contributed by atoms with van der Waals surface area (Å²) in [5, 5.41) is 3.23. The maximum absolute atomic E-state index is 11.1. The van der Waals surface area contributed by atoms with Crippen molar-refractivity contribution in [1.82, 2.24) is 0 Å². The summed E-state index contributed by atoms with van der Waals surface area (Å²) in [5.74, 6) is 0.886. The summed E-state index contributed by atoms with van der Waals surface area (Å²) >= 11 is 0. The number of anilines is 2. The van der Waals surface area contributed by atoms with Crippen LogP contribution in [-0.2, 0) is 0 Å². The lowest BCUT2D eigenvalue weighted by atomic mass is 10.1. The lowest BCUT2D eigenvalue weighted by Crippen LogP contribution is -2.12. The molecule has 0 atom stereocenters. The second-order valence-corrected chi connectivity index (χ2v) is 3.80. The number of rotatable bonds is 1. The van der Waals surface area contributed by atoms with Crippen molar-refractivity contribution >= 4 is 17.3 Å². The van der Waals surface area contributed by atoms with E-state index in [0.717, 1.165) is 17.1 Å². The van der Waals surface area contributed by atoms with Crippen LogP contribution in [0, 0.1) is 0 Å². The first-order chi connectivity index (χ1) is 8.24. The van der Waals surface area contributed by atoms with Gasteiger partial charge in [0, 0.05) is 5.56 Å². The molecule has 1 aliphatic rings. The Hall–Kier alpha value is -2.49. The van der Waals surface area contributed by atoms with Gasteiger partial charge in [-0.1, -0.05) is 12.1 Å². The SMILES string of the molecule is NC(=O)c1ccc2c(c1)Oc1ccccc1N2. The number of fused-ring (bicyclic) bond motifs is 2. The highest BCUT2D eigenvalue weighted by molar-refractivity contribution is 5.94. The molecule has 2 aromatic rings. The minimum Gasteiger partial charge on any atom is -0.453 e. The molecule has 4 heteroatoms. The third kappa shape index (κ3) is 1.59. The maximum Gasteiger partial charge on any atom is 0.248 e. The maximum atomic E-state index is 11.1. The molecule has 3 N–H and O–H groups in total. The van der Waals surface area contributed by atoms with Crippen LogP contribution in [0.1, 0.15) is 10.4 Å². The number of carbonyl (C=O) groups excluding carboxylic acids is 1. The van der Waals surface area contributed by atoms with Crippen LogP contribution in [0.5, 0.6) is 11.5 Å². The Kier molecular flexibility index (Phi) is 2.01. The van der Waals surface area contributed by atoms with Gasteiger partial charge in [0.2, 0.25) is 5.91 Å². The number of ether oxygens (including phenoxy) is 1.